The minimum Gasteiger partial charge on any atom is -0.491 e. The maximum Gasteiger partial charge on any atom is 0.243 e. The van der Waals surface area contributed by atoms with Gasteiger partial charge in [0.1, 0.15) is 18.4 Å². The van der Waals surface area contributed by atoms with E-state index in [0.29, 0.717) is 12.3 Å². The summed E-state index contributed by atoms with van der Waals surface area (Å²) in [6.45, 7) is 7.82. The Bertz CT molecular complexity index is 941. The van der Waals surface area contributed by atoms with Gasteiger partial charge in [0.15, 0.2) is 0 Å². The van der Waals surface area contributed by atoms with Crippen LogP contribution in [0, 0.1) is 20.8 Å². The Kier molecular flexibility index (Phi) is 7.07. The summed E-state index contributed by atoms with van der Waals surface area (Å²) in [5.41, 5.74) is 3.24. The van der Waals surface area contributed by atoms with E-state index in [2.05, 4.69) is 5.32 Å². The lowest BCUT2D eigenvalue weighted by Crippen LogP contribution is -2.48. The second-order valence-electron chi connectivity index (χ2n) is 6.93. The molecule has 6 nitrogen and oxygen atoms in total. The van der Waals surface area contributed by atoms with E-state index in [1.165, 1.54) is 4.31 Å². The third-order valence-corrected chi connectivity index (χ3v) is 5.67. The van der Waals surface area contributed by atoms with Gasteiger partial charge in [-0.2, -0.15) is 0 Å². The zero-order chi connectivity index (χ0) is 20.9. The number of anilines is 1. The highest BCUT2D eigenvalue weighted by Gasteiger charge is 2.30. The number of nitrogens with zero attached hydrogens (tertiary/aromatic N) is 1. The average molecular weight is 405 g/mol. The molecule has 0 saturated carbocycles. The van der Waals surface area contributed by atoms with Crippen LogP contribution in [0.25, 0.3) is 0 Å². The molecule has 0 spiro atoms. The Morgan fingerprint density at radius 1 is 1.11 bits per heavy atom. The van der Waals surface area contributed by atoms with Crippen molar-refractivity contribution in [3.63, 3.8) is 0 Å². The summed E-state index contributed by atoms with van der Waals surface area (Å²) >= 11 is 0. The predicted octanol–water partition coefficient (Wildman–Crippen LogP) is 2.96. The minimum absolute atomic E-state index is 0.280. The third-order valence-electron chi connectivity index (χ3n) is 4.44. The number of carbonyl (C=O) groups is 1. The van der Waals surface area contributed by atoms with Crippen molar-refractivity contribution in [2.45, 2.75) is 33.7 Å². The van der Waals surface area contributed by atoms with Gasteiger partial charge >= 0.3 is 0 Å². The molecule has 0 aliphatic heterocycles. The van der Waals surface area contributed by atoms with Crippen LogP contribution in [-0.4, -0.2) is 39.8 Å². The maximum absolute atomic E-state index is 12.6. The van der Waals surface area contributed by atoms with Crippen molar-refractivity contribution in [2.75, 3.05) is 23.7 Å². The summed E-state index contributed by atoms with van der Waals surface area (Å²) in [5, 5.41) is 2.76. The molecule has 0 radical (unpaired) electrons. The third kappa shape index (κ3) is 5.48. The molecule has 1 unspecified atom stereocenters. The number of hydrogen-bond acceptors (Lipinski definition) is 4. The number of sulfonamides is 1. The lowest BCUT2D eigenvalue weighted by Gasteiger charge is -2.29. The molecule has 7 heteroatoms. The molecule has 0 aromatic heterocycles. The molecule has 0 saturated heterocycles. The standard InChI is InChI=1S/C21H28N2O4S/c1-15-10-11-16(2)19(14-15)23(28(5,25)26)18(4)21(24)22-12-13-27-20-9-7-6-8-17(20)3/h6-11,14,18H,12-13H2,1-5H3,(H,22,24). The Labute approximate surface area is 167 Å². The Morgan fingerprint density at radius 3 is 2.43 bits per heavy atom. The molecule has 28 heavy (non-hydrogen) atoms. The van der Waals surface area contributed by atoms with Crippen LogP contribution in [0.5, 0.6) is 5.75 Å². The van der Waals surface area contributed by atoms with E-state index >= 15 is 0 Å². The van der Waals surface area contributed by atoms with Gasteiger partial charge in [-0.15, -0.1) is 0 Å². The van der Waals surface area contributed by atoms with Gasteiger partial charge in [0.05, 0.1) is 18.5 Å². The maximum atomic E-state index is 12.6. The van der Waals surface area contributed by atoms with Crippen LogP contribution in [0.1, 0.15) is 23.6 Å². The van der Waals surface area contributed by atoms with E-state index in [4.69, 9.17) is 4.74 Å². The van der Waals surface area contributed by atoms with Crippen LogP contribution in [-0.2, 0) is 14.8 Å². The molecule has 1 atom stereocenters. The Hall–Kier alpha value is -2.54. The smallest absolute Gasteiger partial charge is 0.243 e. The van der Waals surface area contributed by atoms with Crippen molar-refractivity contribution in [1.82, 2.24) is 5.32 Å². The van der Waals surface area contributed by atoms with E-state index in [0.717, 1.165) is 28.7 Å². The second kappa shape index (κ2) is 9.10. The average Bonchev–Trinajstić information content (AvgIpc) is 2.61. The molecular weight excluding hydrogens is 376 g/mol. The fraction of sp³-hybridized carbons (Fsp3) is 0.381. The van der Waals surface area contributed by atoms with Crippen LogP contribution in [0.4, 0.5) is 5.69 Å². The monoisotopic (exact) mass is 404 g/mol. The van der Waals surface area contributed by atoms with E-state index in [1.807, 2.05) is 57.2 Å². The lowest BCUT2D eigenvalue weighted by molar-refractivity contribution is -0.121. The van der Waals surface area contributed by atoms with Crippen molar-refractivity contribution in [2.24, 2.45) is 0 Å². The normalized spacial score (nSPS) is 12.3. The molecule has 1 amide bonds. The fourth-order valence-electron chi connectivity index (χ4n) is 2.94. The molecule has 2 aromatic carbocycles. The highest BCUT2D eigenvalue weighted by Crippen LogP contribution is 2.26. The van der Waals surface area contributed by atoms with Crippen molar-refractivity contribution >= 4 is 21.6 Å². The first kappa shape index (κ1) is 21.8. The van der Waals surface area contributed by atoms with Crippen LogP contribution >= 0.6 is 0 Å². The van der Waals surface area contributed by atoms with Crippen LogP contribution in [0.2, 0.25) is 0 Å². The molecule has 0 aliphatic rings. The van der Waals surface area contributed by atoms with Gasteiger partial charge < -0.3 is 10.1 Å². The van der Waals surface area contributed by atoms with Gasteiger partial charge in [0.25, 0.3) is 0 Å². The number of amides is 1. The van der Waals surface area contributed by atoms with Crippen molar-refractivity contribution < 1.29 is 17.9 Å². The first-order valence-electron chi connectivity index (χ1n) is 9.14. The minimum atomic E-state index is -3.64. The molecule has 2 rings (SSSR count). The largest absolute Gasteiger partial charge is 0.491 e. The van der Waals surface area contributed by atoms with E-state index in [1.54, 1.807) is 13.0 Å². The first-order valence-corrected chi connectivity index (χ1v) is 11.0. The zero-order valence-corrected chi connectivity index (χ0v) is 17.8. The summed E-state index contributed by atoms with van der Waals surface area (Å²) in [4.78, 5) is 12.6. The molecule has 1 N–H and O–H groups in total. The van der Waals surface area contributed by atoms with E-state index < -0.39 is 16.1 Å². The van der Waals surface area contributed by atoms with Gasteiger partial charge in [-0.1, -0.05) is 30.3 Å². The fourth-order valence-corrected chi connectivity index (χ4v) is 4.16. The highest BCUT2D eigenvalue weighted by molar-refractivity contribution is 7.92. The second-order valence-corrected chi connectivity index (χ2v) is 8.79. The Morgan fingerprint density at radius 2 is 1.79 bits per heavy atom. The summed E-state index contributed by atoms with van der Waals surface area (Å²) < 4.78 is 31.7. The summed E-state index contributed by atoms with van der Waals surface area (Å²) in [6.07, 6.45) is 1.11. The predicted molar refractivity (Wildman–Crippen MR) is 112 cm³/mol. The van der Waals surface area contributed by atoms with E-state index in [9.17, 15) is 13.2 Å². The van der Waals surface area contributed by atoms with Gasteiger partial charge in [-0.3, -0.25) is 9.10 Å². The molecule has 0 aliphatic carbocycles. The van der Waals surface area contributed by atoms with Gasteiger partial charge in [-0.25, -0.2) is 8.42 Å². The molecule has 152 valence electrons. The van der Waals surface area contributed by atoms with Crippen molar-refractivity contribution in [1.29, 1.82) is 0 Å². The quantitative estimate of drug-likeness (QED) is 0.687. The molecule has 0 heterocycles. The number of aryl methyl sites for hydroxylation is 3. The number of ether oxygens (including phenoxy) is 1. The molecule has 0 fully saturated rings. The van der Waals surface area contributed by atoms with Crippen molar-refractivity contribution in [3.05, 3.63) is 59.2 Å². The summed E-state index contributed by atoms with van der Waals surface area (Å²) in [5.74, 6) is 0.387. The van der Waals surface area contributed by atoms with Crippen LogP contribution < -0.4 is 14.4 Å². The lowest BCUT2D eigenvalue weighted by atomic mass is 10.1. The van der Waals surface area contributed by atoms with Gasteiger partial charge in [-0.05, 0) is 56.5 Å². The van der Waals surface area contributed by atoms with E-state index in [-0.39, 0.29) is 12.5 Å². The number of carbonyl (C=O) groups excluding carboxylic acids is 1. The van der Waals surface area contributed by atoms with Crippen LogP contribution in [0.15, 0.2) is 42.5 Å². The van der Waals surface area contributed by atoms with Crippen molar-refractivity contribution in [3.8, 4) is 5.75 Å². The highest BCUT2D eigenvalue weighted by atomic mass is 32.2. The molecular formula is C21H28N2O4S. The molecule has 2 aromatic rings. The topological polar surface area (TPSA) is 75.7 Å². The van der Waals surface area contributed by atoms with Crippen LogP contribution in [0.3, 0.4) is 0 Å². The first-order chi connectivity index (χ1) is 13.1. The number of rotatable bonds is 8. The summed E-state index contributed by atoms with van der Waals surface area (Å²) in [6, 6.07) is 12.3. The SMILES string of the molecule is Cc1ccc(C)c(N(C(C)C(=O)NCCOc2ccccc2C)S(C)(=O)=O)c1. The van der Waals surface area contributed by atoms with Gasteiger partial charge in [0, 0.05) is 0 Å². The number of nitrogens with one attached hydrogen (secondary N) is 1. The number of hydrogen-bond donors (Lipinski definition) is 1. The number of para-hydroxylation sites is 1. The van der Waals surface area contributed by atoms with Gasteiger partial charge in [0.2, 0.25) is 15.9 Å². The molecule has 0 bridgehead atoms. The number of benzene rings is 2. The summed E-state index contributed by atoms with van der Waals surface area (Å²) in [7, 11) is -3.64. The zero-order valence-electron chi connectivity index (χ0n) is 17.0. The Balaban J connectivity index is 2.06.